The molecule has 2 aliphatic heterocycles. The molecule has 43 heavy (non-hydrogen) atoms. The second-order valence-corrected chi connectivity index (χ2v) is 12.4. The SMILES string of the molecule is CCOC(=O)N1CCN(c2cc(C(=O)NS(=O)(=O)N3CCOCC3)nc3c2c(C2CCC2)nn3-c2ccc(F)cc2)CC1. The molecule has 6 rings (SSSR count). The molecule has 1 saturated carbocycles. The number of halogens is 1. The van der Waals surface area contributed by atoms with E-state index >= 15 is 0 Å². The maximum Gasteiger partial charge on any atom is 0.409 e. The van der Waals surface area contributed by atoms with E-state index in [2.05, 4.69) is 14.6 Å². The quantitative estimate of drug-likeness (QED) is 0.425. The number of ether oxygens (including phenoxy) is 2. The first-order chi connectivity index (χ1) is 20.7. The van der Waals surface area contributed by atoms with Crippen LogP contribution in [0.3, 0.4) is 0 Å². The minimum Gasteiger partial charge on any atom is -0.450 e. The number of hydrogen-bond acceptors (Lipinski definition) is 9. The maximum atomic E-state index is 13.8. The smallest absolute Gasteiger partial charge is 0.409 e. The van der Waals surface area contributed by atoms with Gasteiger partial charge in [-0.05, 0) is 50.1 Å². The molecule has 0 radical (unpaired) electrons. The van der Waals surface area contributed by atoms with Crippen LogP contribution in [0.2, 0.25) is 0 Å². The van der Waals surface area contributed by atoms with Gasteiger partial charge in [0.05, 0.1) is 42.3 Å². The lowest BCUT2D eigenvalue weighted by Gasteiger charge is -2.36. The van der Waals surface area contributed by atoms with Gasteiger partial charge in [0.25, 0.3) is 5.91 Å². The summed E-state index contributed by atoms with van der Waals surface area (Å²) >= 11 is 0. The second kappa shape index (κ2) is 12.1. The Morgan fingerprint density at radius 3 is 2.40 bits per heavy atom. The summed E-state index contributed by atoms with van der Waals surface area (Å²) in [6.07, 6.45) is 2.59. The van der Waals surface area contributed by atoms with Crippen molar-refractivity contribution < 1.29 is 31.9 Å². The van der Waals surface area contributed by atoms with Crippen molar-refractivity contribution in [3.8, 4) is 5.69 Å². The van der Waals surface area contributed by atoms with E-state index in [4.69, 9.17) is 14.6 Å². The van der Waals surface area contributed by atoms with Crippen LogP contribution in [0.1, 0.15) is 48.3 Å². The fourth-order valence-corrected chi connectivity index (χ4v) is 6.68. The maximum absolute atomic E-state index is 13.8. The Bertz CT molecular complexity index is 1610. The zero-order valence-electron chi connectivity index (χ0n) is 23.9. The molecule has 15 heteroatoms. The van der Waals surface area contributed by atoms with Crippen LogP contribution < -0.4 is 9.62 Å². The molecule has 13 nitrogen and oxygen atoms in total. The molecule has 4 heterocycles. The molecular weight excluding hydrogens is 581 g/mol. The van der Waals surface area contributed by atoms with Gasteiger partial charge in [0.15, 0.2) is 5.65 Å². The number of carbonyl (C=O) groups is 2. The highest BCUT2D eigenvalue weighted by molar-refractivity contribution is 7.87. The van der Waals surface area contributed by atoms with Gasteiger partial charge in [-0.25, -0.2) is 23.6 Å². The van der Waals surface area contributed by atoms with E-state index < -0.39 is 21.9 Å². The number of aromatic nitrogens is 3. The highest BCUT2D eigenvalue weighted by atomic mass is 32.2. The Morgan fingerprint density at radius 2 is 1.77 bits per heavy atom. The van der Waals surface area contributed by atoms with Gasteiger partial charge in [0.1, 0.15) is 11.5 Å². The number of carbonyl (C=O) groups excluding carboxylic acids is 2. The summed E-state index contributed by atoms with van der Waals surface area (Å²) in [5, 5.41) is 5.69. The molecular formula is C28H34FN7O6S. The number of benzene rings is 1. The van der Waals surface area contributed by atoms with Gasteiger partial charge in [-0.1, -0.05) is 6.42 Å². The van der Waals surface area contributed by atoms with Crippen LogP contribution in [-0.2, 0) is 19.7 Å². The molecule has 0 atom stereocenters. The molecule has 0 bridgehead atoms. The third-order valence-electron chi connectivity index (χ3n) is 8.12. The first kappa shape index (κ1) is 29.3. The molecule has 3 aliphatic rings. The minimum absolute atomic E-state index is 0.101. The molecule has 1 N–H and O–H groups in total. The summed E-state index contributed by atoms with van der Waals surface area (Å²) < 4.78 is 55.2. The normalized spacial score (nSPS) is 18.5. The lowest BCUT2D eigenvalue weighted by molar-refractivity contribution is 0.0718. The standard InChI is InChI=1S/C28H34FN7O6S/c1-2-42-28(38)34-12-10-33(11-13-34)23-18-22(27(37)32-43(39,40)35-14-16-41-17-15-35)30-26-24(23)25(19-4-3-5-19)31-36(26)21-8-6-20(29)7-9-21/h6-9,18-19H,2-5,10-17H2,1H3,(H,32,37). The molecule has 2 amide bonds. The summed E-state index contributed by atoms with van der Waals surface area (Å²) in [7, 11) is -4.14. The predicted molar refractivity (Wildman–Crippen MR) is 155 cm³/mol. The Hall–Kier alpha value is -3.82. The number of fused-ring (bicyclic) bond motifs is 1. The number of pyridine rings is 1. The lowest BCUT2D eigenvalue weighted by Crippen LogP contribution is -2.49. The van der Waals surface area contributed by atoms with E-state index in [9.17, 15) is 22.4 Å². The van der Waals surface area contributed by atoms with Crippen molar-refractivity contribution in [1.82, 2.24) is 28.7 Å². The van der Waals surface area contributed by atoms with E-state index in [1.54, 1.807) is 34.7 Å². The van der Waals surface area contributed by atoms with E-state index in [1.165, 1.54) is 16.4 Å². The van der Waals surface area contributed by atoms with Crippen LogP contribution in [0.25, 0.3) is 16.7 Å². The van der Waals surface area contributed by atoms with Gasteiger partial charge >= 0.3 is 16.3 Å². The molecule has 0 unspecified atom stereocenters. The van der Waals surface area contributed by atoms with E-state index in [0.717, 1.165) is 30.3 Å². The van der Waals surface area contributed by atoms with E-state index in [1.807, 2.05) is 0 Å². The van der Waals surface area contributed by atoms with Crippen LogP contribution in [0.4, 0.5) is 14.9 Å². The number of piperazine rings is 1. The number of amides is 2. The first-order valence-electron chi connectivity index (χ1n) is 14.5. The van der Waals surface area contributed by atoms with Crippen LogP contribution in [-0.4, -0.2) is 103 Å². The Kier molecular flexibility index (Phi) is 8.20. The third-order valence-corrected chi connectivity index (χ3v) is 9.61. The van der Waals surface area contributed by atoms with Crippen molar-refractivity contribution in [2.75, 3.05) is 64.0 Å². The number of anilines is 1. The molecule has 1 aromatic carbocycles. The summed E-state index contributed by atoms with van der Waals surface area (Å²) in [5.41, 5.74) is 2.33. The van der Waals surface area contributed by atoms with Crippen LogP contribution in [0.5, 0.6) is 0 Å². The number of nitrogens with one attached hydrogen (secondary N) is 1. The van der Waals surface area contributed by atoms with Crippen molar-refractivity contribution in [2.24, 2.45) is 0 Å². The molecule has 1 aliphatic carbocycles. The van der Waals surface area contributed by atoms with Gasteiger partial charge in [-0.2, -0.15) is 17.8 Å². The Labute approximate surface area is 248 Å². The van der Waals surface area contributed by atoms with Crippen molar-refractivity contribution in [3.63, 3.8) is 0 Å². The Morgan fingerprint density at radius 1 is 1.07 bits per heavy atom. The number of rotatable bonds is 7. The average molecular weight is 616 g/mol. The third kappa shape index (κ3) is 5.88. The summed E-state index contributed by atoms with van der Waals surface area (Å²) in [4.78, 5) is 34.2. The molecule has 3 fully saturated rings. The second-order valence-electron chi connectivity index (χ2n) is 10.7. The van der Waals surface area contributed by atoms with Crippen LogP contribution in [0.15, 0.2) is 30.3 Å². The monoisotopic (exact) mass is 615 g/mol. The molecule has 2 aromatic heterocycles. The topological polar surface area (TPSA) is 139 Å². The molecule has 230 valence electrons. The zero-order chi connectivity index (χ0) is 30.1. The van der Waals surface area contributed by atoms with Crippen LogP contribution in [0, 0.1) is 5.82 Å². The number of hydrogen-bond donors (Lipinski definition) is 1. The van der Waals surface area contributed by atoms with Crippen molar-refractivity contribution in [1.29, 1.82) is 0 Å². The van der Waals surface area contributed by atoms with Gasteiger partial charge in [-0.15, -0.1) is 0 Å². The van der Waals surface area contributed by atoms with E-state index in [0.29, 0.717) is 43.2 Å². The fourth-order valence-electron chi connectivity index (χ4n) is 5.58. The summed E-state index contributed by atoms with van der Waals surface area (Å²) in [6.45, 7) is 4.50. The average Bonchev–Trinajstić information content (AvgIpc) is 3.35. The Balaban J connectivity index is 1.43. The van der Waals surface area contributed by atoms with Gasteiger partial charge in [0.2, 0.25) is 0 Å². The lowest BCUT2D eigenvalue weighted by atomic mass is 9.82. The number of nitrogens with zero attached hydrogens (tertiary/aromatic N) is 6. The summed E-state index contributed by atoms with van der Waals surface area (Å²) in [6, 6.07) is 7.42. The summed E-state index contributed by atoms with van der Waals surface area (Å²) in [5.74, 6) is -1.09. The predicted octanol–water partition coefficient (Wildman–Crippen LogP) is 2.41. The van der Waals surface area contributed by atoms with Gasteiger partial charge in [-0.3, -0.25) is 4.79 Å². The zero-order valence-corrected chi connectivity index (χ0v) is 24.7. The van der Waals surface area contributed by atoms with Crippen molar-refractivity contribution in [3.05, 3.63) is 47.5 Å². The fraction of sp³-hybridized carbons (Fsp3) is 0.500. The van der Waals surface area contributed by atoms with Crippen molar-refractivity contribution in [2.45, 2.75) is 32.1 Å². The van der Waals surface area contributed by atoms with Crippen LogP contribution >= 0.6 is 0 Å². The molecule has 0 spiro atoms. The van der Waals surface area contributed by atoms with Gasteiger partial charge in [0, 0.05) is 45.2 Å². The molecule has 3 aromatic rings. The highest BCUT2D eigenvalue weighted by Gasteiger charge is 2.33. The van der Waals surface area contributed by atoms with Gasteiger partial charge < -0.3 is 19.3 Å². The minimum atomic E-state index is -4.14. The van der Waals surface area contributed by atoms with Crippen molar-refractivity contribution >= 4 is 38.9 Å². The largest absolute Gasteiger partial charge is 0.450 e. The first-order valence-corrected chi connectivity index (χ1v) is 16.0. The highest BCUT2D eigenvalue weighted by Crippen LogP contribution is 2.43. The van der Waals surface area contributed by atoms with E-state index in [-0.39, 0.29) is 50.6 Å². The number of morpholine rings is 1. The molecule has 2 saturated heterocycles.